The van der Waals surface area contributed by atoms with E-state index in [1.807, 2.05) is 13.8 Å². The maximum absolute atomic E-state index is 5.60. The molecule has 0 bridgehead atoms. The predicted octanol–water partition coefficient (Wildman–Crippen LogP) is 1.21. The van der Waals surface area contributed by atoms with E-state index in [-0.39, 0.29) is 6.04 Å². The third kappa shape index (κ3) is 3.78. The number of aromatic nitrogens is 2. The van der Waals surface area contributed by atoms with Crippen LogP contribution in [0.2, 0.25) is 0 Å². The topological polar surface area (TPSA) is 64.9 Å². The van der Waals surface area contributed by atoms with Crippen molar-refractivity contribution in [3.8, 4) is 0 Å². The van der Waals surface area contributed by atoms with Crippen LogP contribution in [0.4, 0.5) is 0 Å². The van der Waals surface area contributed by atoms with Crippen LogP contribution < -0.4 is 5.73 Å². The molecule has 1 heterocycles. The Bertz CT molecular complexity index is 249. The van der Waals surface area contributed by atoms with Crippen molar-refractivity contribution in [2.24, 2.45) is 5.73 Å². The van der Waals surface area contributed by atoms with Gasteiger partial charge in [0, 0.05) is 18.2 Å². The van der Waals surface area contributed by atoms with E-state index in [1.54, 1.807) is 11.8 Å². The molecule has 0 saturated carbocycles. The first kappa shape index (κ1) is 10.5. The highest BCUT2D eigenvalue weighted by atomic mass is 32.2. The van der Waals surface area contributed by atoms with Crippen LogP contribution in [0.3, 0.4) is 0 Å². The Kier molecular flexibility index (Phi) is 4.24. The highest BCUT2D eigenvalue weighted by molar-refractivity contribution is 7.98. The van der Waals surface area contributed by atoms with Crippen molar-refractivity contribution >= 4 is 11.8 Å². The van der Waals surface area contributed by atoms with E-state index in [0.29, 0.717) is 11.8 Å². The van der Waals surface area contributed by atoms with E-state index in [1.165, 1.54) is 0 Å². The Hall–Kier alpha value is -0.550. The van der Waals surface area contributed by atoms with Gasteiger partial charge in [0.25, 0.3) is 0 Å². The summed E-state index contributed by atoms with van der Waals surface area (Å²) in [4.78, 5) is 0. The second-order valence-corrected chi connectivity index (χ2v) is 3.97. The minimum atomic E-state index is 0.221. The van der Waals surface area contributed by atoms with Gasteiger partial charge in [-0.25, -0.2) is 0 Å². The Morgan fingerprint density at radius 3 is 2.69 bits per heavy atom. The highest BCUT2D eigenvalue weighted by Crippen LogP contribution is 2.11. The van der Waals surface area contributed by atoms with Gasteiger partial charge in [0.2, 0.25) is 11.8 Å². The average Bonchev–Trinajstić information content (AvgIpc) is 2.52. The number of aryl methyl sites for hydroxylation is 1. The number of thioether (sulfide) groups is 1. The zero-order chi connectivity index (χ0) is 9.68. The Morgan fingerprint density at radius 2 is 2.15 bits per heavy atom. The Labute approximate surface area is 82.3 Å². The lowest BCUT2D eigenvalue weighted by Gasteiger charge is -2.01. The second-order valence-electron chi connectivity index (χ2n) is 2.94. The van der Waals surface area contributed by atoms with Crippen LogP contribution >= 0.6 is 11.8 Å². The van der Waals surface area contributed by atoms with Crippen LogP contribution in [0.25, 0.3) is 0 Å². The molecule has 0 fully saturated rings. The van der Waals surface area contributed by atoms with Crippen LogP contribution in [-0.2, 0) is 12.2 Å². The number of hydrogen-bond acceptors (Lipinski definition) is 5. The van der Waals surface area contributed by atoms with Crippen LogP contribution in [0, 0.1) is 0 Å². The average molecular weight is 201 g/mol. The number of rotatable bonds is 5. The molecule has 2 N–H and O–H groups in total. The van der Waals surface area contributed by atoms with E-state index in [0.717, 1.165) is 17.9 Å². The minimum Gasteiger partial charge on any atom is -0.424 e. The lowest BCUT2D eigenvalue weighted by molar-refractivity contribution is 0.470. The summed E-state index contributed by atoms with van der Waals surface area (Å²) in [6, 6.07) is 0.221. The van der Waals surface area contributed by atoms with Gasteiger partial charge in [0.1, 0.15) is 0 Å². The van der Waals surface area contributed by atoms with Gasteiger partial charge in [0.15, 0.2) is 0 Å². The van der Waals surface area contributed by atoms with Crippen molar-refractivity contribution in [1.82, 2.24) is 10.2 Å². The van der Waals surface area contributed by atoms with Crippen molar-refractivity contribution in [1.29, 1.82) is 0 Å². The first-order valence-electron chi connectivity index (χ1n) is 4.37. The van der Waals surface area contributed by atoms with Gasteiger partial charge in [-0.3, -0.25) is 0 Å². The lowest BCUT2D eigenvalue weighted by Crippen LogP contribution is -2.17. The van der Waals surface area contributed by atoms with Gasteiger partial charge >= 0.3 is 0 Å². The fraction of sp³-hybridized carbons (Fsp3) is 0.750. The molecule has 0 saturated heterocycles. The quantitative estimate of drug-likeness (QED) is 0.775. The number of nitrogens with zero attached hydrogens (tertiary/aromatic N) is 2. The fourth-order valence-corrected chi connectivity index (χ4v) is 1.60. The third-order valence-corrected chi connectivity index (χ3v) is 2.63. The highest BCUT2D eigenvalue weighted by Gasteiger charge is 2.04. The van der Waals surface area contributed by atoms with Crippen molar-refractivity contribution in [3.63, 3.8) is 0 Å². The third-order valence-electron chi connectivity index (χ3n) is 1.42. The summed E-state index contributed by atoms with van der Waals surface area (Å²) in [6.45, 7) is 3.98. The van der Waals surface area contributed by atoms with Gasteiger partial charge in [0.05, 0.1) is 5.75 Å². The molecule has 1 atom stereocenters. The van der Waals surface area contributed by atoms with E-state index in [9.17, 15) is 0 Å². The molecule has 0 aliphatic heterocycles. The molecule has 0 aliphatic rings. The largest absolute Gasteiger partial charge is 0.424 e. The summed E-state index contributed by atoms with van der Waals surface area (Å²) in [5.74, 6) is 3.08. The Morgan fingerprint density at radius 1 is 1.46 bits per heavy atom. The van der Waals surface area contributed by atoms with Gasteiger partial charge in [-0.1, -0.05) is 6.92 Å². The van der Waals surface area contributed by atoms with Gasteiger partial charge in [-0.15, -0.1) is 10.2 Å². The number of nitrogens with two attached hydrogens (primary N) is 1. The molecule has 0 aromatic carbocycles. The van der Waals surface area contributed by atoms with Crippen molar-refractivity contribution in [3.05, 3.63) is 11.8 Å². The Balaban J connectivity index is 2.28. The summed E-state index contributed by atoms with van der Waals surface area (Å²) in [5.41, 5.74) is 5.60. The maximum atomic E-state index is 5.60. The molecule has 13 heavy (non-hydrogen) atoms. The first-order chi connectivity index (χ1) is 6.22. The second kappa shape index (κ2) is 5.24. The molecule has 0 aliphatic carbocycles. The van der Waals surface area contributed by atoms with Crippen LogP contribution in [0.5, 0.6) is 0 Å². The zero-order valence-electron chi connectivity index (χ0n) is 7.99. The molecular formula is C8H15N3OS. The lowest BCUT2D eigenvalue weighted by atomic mass is 10.4. The molecule has 5 heteroatoms. The molecule has 0 radical (unpaired) electrons. The molecule has 1 aromatic heterocycles. The summed E-state index contributed by atoms with van der Waals surface area (Å²) in [5, 5.41) is 7.78. The summed E-state index contributed by atoms with van der Waals surface area (Å²) in [7, 11) is 0. The van der Waals surface area contributed by atoms with Crippen molar-refractivity contribution < 1.29 is 4.42 Å². The van der Waals surface area contributed by atoms with E-state index in [2.05, 4.69) is 10.2 Å². The van der Waals surface area contributed by atoms with E-state index in [4.69, 9.17) is 10.2 Å². The molecular weight excluding hydrogens is 186 g/mol. The summed E-state index contributed by atoms with van der Waals surface area (Å²) in [6.07, 6.45) is 0.797. The van der Waals surface area contributed by atoms with E-state index < -0.39 is 0 Å². The molecule has 1 rings (SSSR count). The zero-order valence-corrected chi connectivity index (χ0v) is 8.80. The molecule has 1 unspecified atom stereocenters. The van der Waals surface area contributed by atoms with Gasteiger partial charge < -0.3 is 10.2 Å². The van der Waals surface area contributed by atoms with Crippen molar-refractivity contribution in [2.45, 2.75) is 32.1 Å². The predicted molar refractivity (Wildman–Crippen MR) is 53.5 cm³/mol. The van der Waals surface area contributed by atoms with Crippen LogP contribution in [0.15, 0.2) is 4.42 Å². The molecule has 4 nitrogen and oxygen atoms in total. The SMILES string of the molecule is CCc1nnc(CSCC(C)N)o1. The van der Waals surface area contributed by atoms with Crippen LogP contribution in [-0.4, -0.2) is 22.0 Å². The maximum Gasteiger partial charge on any atom is 0.226 e. The minimum absolute atomic E-state index is 0.221. The standard InChI is InChI=1S/C8H15N3OS/c1-3-7-10-11-8(12-7)5-13-4-6(2)9/h6H,3-5,9H2,1-2H3. The fourth-order valence-electron chi connectivity index (χ4n) is 0.822. The molecule has 74 valence electrons. The monoisotopic (exact) mass is 201 g/mol. The van der Waals surface area contributed by atoms with Gasteiger partial charge in [-0.2, -0.15) is 11.8 Å². The van der Waals surface area contributed by atoms with E-state index >= 15 is 0 Å². The molecule has 0 amide bonds. The summed E-state index contributed by atoms with van der Waals surface area (Å²) >= 11 is 1.72. The number of hydrogen-bond donors (Lipinski definition) is 1. The van der Waals surface area contributed by atoms with Crippen molar-refractivity contribution in [2.75, 3.05) is 5.75 Å². The first-order valence-corrected chi connectivity index (χ1v) is 5.52. The normalized spacial score (nSPS) is 13.2. The van der Waals surface area contributed by atoms with Gasteiger partial charge in [-0.05, 0) is 6.92 Å². The smallest absolute Gasteiger partial charge is 0.226 e. The molecule has 0 spiro atoms. The molecule has 1 aromatic rings. The van der Waals surface area contributed by atoms with Crippen LogP contribution in [0.1, 0.15) is 25.6 Å². The summed E-state index contributed by atoms with van der Waals surface area (Å²) < 4.78 is 5.33.